The zero-order valence-electron chi connectivity index (χ0n) is 6.91. The van der Waals surface area contributed by atoms with Crippen LogP contribution in [0.5, 0.6) is 11.5 Å². The molecule has 0 fully saturated rings. The highest BCUT2D eigenvalue weighted by molar-refractivity contribution is 6.42. The van der Waals surface area contributed by atoms with E-state index < -0.39 is 17.4 Å². The van der Waals surface area contributed by atoms with Crippen LogP contribution in [0.2, 0.25) is 10.2 Å². The van der Waals surface area contributed by atoms with E-state index in [2.05, 4.69) is 9.72 Å². The normalized spacial score (nSPS) is 9.93. The molecule has 76 valence electrons. The number of aromatic carboxylic acids is 1. The van der Waals surface area contributed by atoms with Crippen molar-refractivity contribution in [3.63, 3.8) is 0 Å². The number of nitrogens with zero attached hydrogens (tertiary/aromatic N) is 1. The first-order chi connectivity index (χ1) is 6.49. The summed E-state index contributed by atoms with van der Waals surface area (Å²) in [5.74, 6) is -2.27. The standard InChI is InChI=1S/C7H5Cl2NO4/c1-14-5-2(8)6(9)10-3(4(5)11)7(12)13/h11H,1H3,(H,12,13). The molecular weight excluding hydrogens is 233 g/mol. The van der Waals surface area contributed by atoms with Crippen LogP contribution in [0.4, 0.5) is 0 Å². The van der Waals surface area contributed by atoms with Crippen LogP contribution in [0.25, 0.3) is 0 Å². The van der Waals surface area contributed by atoms with E-state index in [4.69, 9.17) is 28.3 Å². The Labute approximate surface area is 88.9 Å². The molecule has 0 aliphatic rings. The van der Waals surface area contributed by atoms with E-state index in [9.17, 15) is 9.90 Å². The van der Waals surface area contributed by atoms with E-state index in [1.54, 1.807) is 0 Å². The fourth-order valence-corrected chi connectivity index (χ4v) is 1.22. The second-order valence-corrected chi connectivity index (χ2v) is 2.99. The molecule has 1 aromatic rings. The van der Waals surface area contributed by atoms with Crippen molar-refractivity contribution in [2.75, 3.05) is 7.11 Å². The molecule has 0 amide bonds. The van der Waals surface area contributed by atoms with Gasteiger partial charge in [0.25, 0.3) is 0 Å². The lowest BCUT2D eigenvalue weighted by atomic mass is 10.3. The highest BCUT2D eigenvalue weighted by Crippen LogP contribution is 2.39. The number of ether oxygens (including phenoxy) is 1. The fraction of sp³-hybridized carbons (Fsp3) is 0.143. The van der Waals surface area contributed by atoms with Crippen molar-refractivity contribution in [1.82, 2.24) is 4.98 Å². The molecule has 0 radical (unpaired) electrons. The number of carbonyl (C=O) groups is 1. The molecule has 0 aromatic carbocycles. The number of halogens is 2. The predicted octanol–water partition coefficient (Wildman–Crippen LogP) is 1.80. The molecule has 14 heavy (non-hydrogen) atoms. The van der Waals surface area contributed by atoms with Crippen LogP contribution in [-0.2, 0) is 0 Å². The van der Waals surface area contributed by atoms with Crippen LogP contribution in [0.1, 0.15) is 10.5 Å². The number of rotatable bonds is 2. The fourth-order valence-electron chi connectivity index (χ4n) is 0.841. The number of pyridine rings is 1. The summed E-state index contributed by atoms with van der Waals surface area (Å²) in [6.45, 7) is 0. The van der Waals surface area contributed by atoms with Gasteiger partial charge in [-0.05, 0) is 0 Å². The third-order valence-corrected chi connectivity index (χ3v) is 2.16. The monoisotopic (exact) mass is 237 g/mol. The molecule has 0 saturated carbocycles. The molecule has 7 heteroatoms. The zero-order chi connectivity index (χ0) is 10.9. The molecule has 0 atom stereocenters. The maximum atomic E-state index is 10.6. The van der Waals surface area contributed by atoms with E-state index in [0.717, 1.165) is 0 Å². The van der Waals surface area contributed by atoms with Crippen molar-refractivity contribution in [3.05, 3.63) is 15.9 Å². The Morgan fingerprint density at radius 3 is 2.50 bits per heavy atom. The summed E-state index contributed by atoms with van der Waals surface area (Å²) in [6, 6.07) is 0. The SMILES string of the molecule is COc1c(O)c(C(=O)O)nc(Cl)c1Cl. The first-order valence-corrected chi connectivity index (χ1v) is 4.09. The molecule has 0 bridgehead atoms. The lowest BCUT2D eigenvalue weighted by Crippen LogP contribution is -2.03. The smallest absolute Gasteiger partial charge is 0.358 e. The second kappa shape index (κ2) is 3.89. The highest BCUT2D eigenvalue weighted by atomic mass is 35.5. The van der Waals surface area contributed by atoms with Crippen molar-refractivity contribution < 1.29 is 19.7 Å². The summed E-state index contributed by atoms with van der Waals surface area (Å²) < 4.78 is 4.68. The Balaban J connectivity index is 3.50. The predicted molar refractivity (Wildman–Crippen MR) is 49.4 cm³/mol. The topological polar surface area (TPSA) is 79.7 Å². The number of carboxylic acids is 1. The van der Waals surface area contributed by atoms with Gasteiger partial charge in [0, 0.05) is 0 Å². The first-order valence-electron chi connectivity index (χ1n) is 3.34. The number of carboxylic acid groups (broad SMARTS) is 1. The lowest BCUT2D eigenvalue weighted by molar-refractivity contribution is 0.0686. The third kappa shape index (κ3) is 1.69. The van der Waals surface area contributed by atoms with Crippen molar-refractivity contribution >= 4 is 29.2 Å². The maximum absolute atomic E-state index is 10.6. The van der Waals surface area contributed by atoms with Crippen molar-refractivity contribution in [2.24, 2.45) is 0 Å². The van der Waals surface area contributed by atoms with Crippen LogP contribution in [0, 0.1) is 0 Å². The molecule has 1 rings (SSSR count). The van der Waals surface area contributed by atoms with E-state index >= 15 is 0 Å². The average Bonchev–Trinajstić information content (AvgIpc) is 2.12. The van der Waals surface area contributed by atoms with E-state index in [0.29, 0.717) is 0 Å². The van der Waals surface area contributed by atoms with Gasteiger partial charge in [0.1, 0.15) is 5.02 Å². The Hall–Kier alpha value is -1.20. The number of aromatic hydroxyl groups is 1. The van der Waals surface area contributed by atoms with Gasteiger partial charge in [0.05, 0.1) is 7.11 Å². The summed E-state index contributed by atoms with van der Waals surface area (Å²) in [4.78, 5) is 14.0. The summed E-state index contributed by atoms with van der Waals surface area (Å²) in [7, 11) is 1.23. The number of hydrogen-bond donors (Lipinski definition) is 2. The molecule has 0 aliphatic heterocycles. The summed E-state index contributed by atoms with van der Waals surface area (Å²) in [5.41, 5.74) is -0.601. The molecule has 0 spiro atoms. The van der Waals surface area contributed by atoms with Crippen LogP contribution in [-0.4, -0.2) is 28.3 Å². The van der Waals surface area contributed by atoms with Gasteiger partial charge in [-0.15, -0.1) is 0 Å². The Kier molecular flexibility index (Phi) is 3.03. The minimum atomic E-state index is -1.42. The van der Waals surface area contributed by atoms with Gasteiger partial charge in [-0.1, -0.05) is 23.2 Å². The first kappa shape index (κ1) is 10.9. The van der Waals surface area contributed by atoms with Gasteiger partial charge in [0.15, 0.2) is 22.3 Å². The summed E-state index contributed by atoms with van der Waals surface area (Å²) in [6.07, 6.45) is 0. The quantitative estimate of drug-likeness (QED) is 0.768. The van der Waals surface area contributed by atoms with Crippen molar-refractivity contribution in [1.29, 1.82) is 0 Å². The summed E-state index contributed by atoms with van der Waals surface area (Å²) in [5, 5.41) is 17.6. The van der Waals surface area contributed by atoms with Gasteiger partial charge in [-0.2, -0.15) is 0 Å². The number of methoxy groups -OCH3 is 1. The van der Waals surface area contributed by atoms with E-state index in [1.807, 2.05) is 0 Å². The lowest BCUT2D eigenvalue weighted by Gasteiger charge is -2.08. The van der Waals surface area contributed by atoms with Crippen molar-refractivity contribution in [2.45, 2.75) is 0 Å². The molecule has 0 saturated heterocycles. The maximum Gasteiger partial charge on any atom is 0.358 e. The van der Waals surface area contributed by atoms with Crippen LogP contribution in [0.15, 0.2) is 0 Å². The zero-order valence-corrected chi connectivity index (χ0v) is 8.43. The van der Waals surface area contributed by atoms with Gasteiger partial charge >= 0.3 is 5.97 Å². The van der Waals surface area contributed by atoms with E-state index in [-0.39, 0.29) is 15.9 Å². The van der Waals surface area contributed by atoms with Crippen LogP contribution < -0.4 is 4.74 Å². The molecule has 5 nitrogen and oxygen atoms in total. The average molecular weight is 238 g/mol. The van der Waals surface area contributed by atoms with Crippen LogP contribution in [0.3, 0.4) is 0 Å². The van der Waals surface area contributed by atoms with Gasteiger partial charge < -0.3 is 14.9 Å². The van der Waals surface area contributed by atoms with Gasteiger partial charge in [-0.3, -0.25) is 0 Å². The molecule has 0 unspecified atom stereocenters. The molecular formula is C7H5Cl2NO4. The Bertz CT molecular complexity index is 394. The minimum Gasteiger partial charge on any atom is -0.503 e. The van der Waals surface area contributed by atoms with Crippen LogP contribution >= 0.6 is 23.2 Å². The summed E-state index contributed by atoms with van der Waals surface area (Å²) >= 11 is 11.1. The minimum absolute atomic E-state index is 0.128. The highest BCUT2D eigenvalue weighted by Gasteiger charge is 2.22. The number of aromatic nitrogens is 1. The number of hydrogen-bond acceptors (Lipinski definition) is 4. The van der Waals surface area contributed by atoms with Gasteiger partial charge in [-0.25, -0.2) is 9.78 Å². The molecule has 2 N–H and O–H groups in total. The molecule has 1 aromatic heterocycles. The molecule has 1 heterocycles. The largest absolute Gasteiger partial charge is 0.503 e. The molecule has 0 aliphatic carbocycles. The Morgan fingerprint density at radius 2 is 2.07 bits per heavy atom. The second-order valence-electron chi connectivity index (χ2n) is 2.25. The van der Waals surface area contributed by atoms with Crippen molar-refractivity contribution in [3.8, 4) is 11.5 Å². The Morgan fingerprint density at radius 1 is 1.50 bits per heavy atom. The third-order valence-electron chi connectivity index (χ3n) is 1.44. The van der Waals surface area contributed by atoms with Gasteiger partial charge in [0.2, 0.25) is 0 Å². The van der Waals surface area contributed by atoms with E-state index in [1.165, 1.54) is 7.11 Å².